The van der Waals surface area contributed by atoms with Crippen molar-refractivity contribution in [1.82, 2.24) is 0 Å². The molecule has 0 N–H and O–H groups in total. The molecule has 0 heterocycles. The fraction of sp³-hybridized carbons (Fsp3) is 0.265. The van der Waals surface area contributed by atoms with Crippen molar-refractivity contribution < 1.29 is 0 Å². The highest BCUT2D eigenvalue weighted by atomic mass is 31.2. The van der Waals surface area contributed by atoms with E-state index in [0.29, 0.717) is 11.3 Å². The summed E-state index contributed by atoms with van der Waals surface area (Å²) in [7, 11) is 0. The molecule has 0 saturated heterocycles. The molecule has 0 spiro atoms. The summed E-state index contributed by atoms with van der Waals surface area (Å²) in [5, 5.41) is 4.17. The molecule has 1 atom stereocenters. The van der Waals surface area contributed by atoms with Gasteiger partial charge in [-0.05, 0) is 78.8 Å². The molecule has 3 aromatic carbocycles. The third kappa shape index (κ3) is 5.39. The summed E-state index contributed by atoms with van der Waals surface area (Å²) in [6.45, 7) is 9.69. The van der Waals surface area contributed by atoms with Crippen LogP contribution in [-0.4, -0.2) is 5.80 Å². The maximum atomic E-state index is 2.58. The lowest BCUT2D eigenvalue weighted by Gasteiger charge is -2.36. The predicted octanol–water partition coefficient (Wildman–Crippen LogP) is 8.06. The second-order valence-corrected chi connectivity index (χ2v) is 13.8. The standard InChI is InChI=1S/C34H39P/c1-27(23-24-33-28(2)16-15-25-34(33,4)5)29(3)26-35(30-17-9-6-10-18-30,31-19-11-7-12-20-31)32-21-13-8-14-22-32/h6-14,16-24,26,33H,15,25H2,1-5H3/b24-23+,29-27-. The average Bonchev–Trinajstić information content (AvgIpc) is 2.88. The molecule has 0 nitrogen and oxygen atoms in total. The first kappa shape index (κ1) is 25.3. The summed E-state index contributed by atoms with van der Waals surface area (Å²) >= 11 is 0. The fourth-order valence-corrected chi connectivity index (χ4v) is 9.46. The summed E-state index contributed by atoms with van der Waals surface area (Å²) < 4.78 is 0. The molecule has 3 aromatic rings. The Morgan fingerprint density at radius 3 is 1.63 bits per heavy atom. The van der Waals surface area contributed by atoms with Gasteiger partial charge >= 0.3 is 0 Å². The topological polar surface area (TPSA) is 0 Å². The SMILES string of the molecule is CC1=CCCC(C)(C)C1/C=C/C(C)=C(/C)C=P(c1ccccc1)(c1ccccc1)c1ccccc1. The maximum Gasteiger partial charge on any atom is 0.00285 e. The van der Waals surface area contributed by atoms with Crippen LogP contribution in [0.15, 0.2) is 126 Å². The Hall–Kier alpha value is -2.82. The molecule has 0 fully saturated rings. The van der Waals surface area contributed by atoms with Crippen LogP contribution in [0.3, 0.4) is 0 Å². The van der Waals surface area contributed by atoms with Crippen LogP contribution in [-0.2, 0) is 0 Å². The van der Waals surface area contributed by atoms with Gasteiger partial charge in [-0.1, -0.05) is 129 Å². The quantitative estimate of drug-likeness (QED) is 0.191. The molecule has 1 heteroatoms. The summed E-state index contributed by atoms with van der Waals surface area (Å²) in [5.41, 5.74) is 4.50. The minimum atomic E-state index is -1.98. The van der Waals surface area contributed by atoms with Crippen LogP contribution < -0.4 is 15.9 Å². The minimum Gasteiger partial charge on any atom is -0.0850 e. The van der Waals surface area contributed by atoms with Crippen LogP contribution in [0, 0.1) is 11.3 Å². The first-order valence-corrected chi connectivity index (χ1v) is 14.6. The maximum absolute atomic E-state index is 2.58. The van der Waals surface area contributed by atoms with Gasteiger partial charge in [0.05, 0.1) is 0 Å². The smallest absolute Gasteiger partial charge is 0.00285 e. The van der Waals surface area contributed by atoms with Gasteiger partial charge < -0.3 is 0 Å². The Bertz CT molecular complexity index is 1170. The van der Waals surface area contributed by atoms with Crippen LogP contribution in [0.2, 0.25) is 0 Å². The first-order chi connectivity index (χ1) is 16.8. The Balaban J connectivity index is 1.92. The summed E-state index contributed by atoms with van der Waals surface area (Å²) in [6, 6.07) is 33.3. The molecule has 4 rings (SSSR count). The van der Waals surface area contributed by atoms with E-state index in [1.165, 1.54) is 45.5 Å². The summed E-state index contributed by atoms with van der Waals surface area (Å²) in [6.07, 6.45) is 9.69. The van der Waals surface area contributed by atoms with Gasteiger partial charge in [0, 0.05) is 5.92 Å². The van der Waals surface area contributed by atoms with Crippen molar-refractivity contribution >= 4 is 28.6 Å². The second kappa shape index (κ2) is 10.8. The van der Waals surface area contributed by atoms with Crippen LogP contribution in [0.4, 0.5) is 0 Å². The highest BCUT2D eigenvalue weighted by Crippen LogP contribution is 2.45. The van der Waals surface area contributed by atoms with Gasteiger partial charge in [-0.2, -0.15) is 0 Å². The Labute approximate surface area is 213 Å². The van der Waals surface area contributed by atoms with Gasteiger partial charge in [-0.3, -0.25) is 0 Å². The normalized spacial score (nSPS) is 18.7. The van der Waals surface area contributed by atoms with Gasteiger partial charge in [-0.25, -0.2) is 0 Å². The minimum absolute atomic E-state index is 0.308. The van der Waals surface area contributed by atoms with E-state index in [1.807, 2.05) is 0 Å². The van der Waals surface area contributed by atoms with Crippen LogP contribution >= 0.6 is 6.89 Å². The summed E-state index contributed by atoms with van der Waals surface area (Å²) in [5.74, 6) is 3.08. The van der Waals surface area contributed by atoms with Gasteiger partial charge in [0.25, 0.3) is 0 Å². The van der Waals surface area contributed by atoms with E-state index in [2.05, 4.69) is 150 Å². The highest BCUT2D eigenvalue weighted by Gasteiger charge is 2.30. The molecule has 180 valence electrons. The van der Waals surface area contributed by atoms with Crippen molar-refractivity contribution in [2.75, 3.05) is 0 Å². The zero-order valence-corrected chi connectivity index (χ0v) is 22.8. The number of rotatable bonds is 6. The lowest BCUT2D eigenvalue weighted by Crippen LogP contribution is -2.27. The van der Waals surface area contributed by atoms with Crippen LogP contribution in [0.25, 0.3) is 0 Å². The Kier molecular flexibility index (Phi) is 7.83. The van der Waals surface area contributed by atoms with Crippen molar-refractivity contribution in [3.05, 3.63) is 126 Å². The number of hydrogen-bond donors (Lipinski definition) is 0. The van der Waals surface area contributed by atoms with E-state index in [9.17, 15) is 0 Å². The molecule has 0 aromatic heterocycles. The highest BCUT2D eigenvalue weighted by molar-refractivity contribution is 7.94. The number of hydrogen-bond acceptors (Lipinski definition) is 0. The predicted molar refractivity (Wildman–Crippen MR) is 159 cm³/mol. The molecule has 0 bridgehead atoms. The molecule has 0 aliphatic heterocycles. The van der Waals surface area contributed by atoms with Gasteiger partial charge in [0.15, 0.2) is 0 Å². The number of benzene rings is 3. The molecular formula is C34H39P. The average molecular weight is 479 g/mol. The lowest BCUT2D eigenvalue weighted by molar-refractivity contribution is 0.255. The van der Waals surface area contributed by atoms with Crippen LogP contribution in [0.1, 0.15) is 47.5 Å². The van der Waals surface area contributed by atoms with E-state index in [0.717, 1.165) is 0 Å². The van der Waals surface area contributed by atoms with Gasteiger partial charge in [0.1, 0.15) is 0 Å². The van der Waals surface area contributed by atoms with E-state index in [1.54, 1.807) is 0 Å². The Morgan fingerprint density at radius 2 is 1.20 bits per heavy atom. The van der Waals surface area contributed by atoms with Crippen molar-refractivity contribution in [3.63, 3.8) is 0 Å². The largest absolute Gasteiger partial charge is 0.0850 e. The Morgan fingerprint density at radius 1 is 0.743 bits per heavy atom. The van der Waals surface area contributed by atoms with E-state index in [4.69, 9.17) is 0 Å². The zero-order valence-electron chi connectivity index (χ0n) is 21.9. The third-order valence-electron chi connectivity index (χ3n) is 7.63. The molecule has 1 aliphatic carbocycles. The molecule has 1 aliphatic rings. The monoisotopic (exact) mass is 478 g/mol. The lowest BCUT2D eigenvalue weighted by atomic mass is 9.68. The fourth-order valence-electron chi connectivity index (χ4n) is 5.41. The third-order valence-corrected chi connectivity index (χ3v) is 11.7. The zero-order chi connectivity index (χ0) is 24.9. The first-order valence-electron chi connectivity index (χ1n) is 12.8. The van der Waals surface area contributed by atoms with Gasteiger partial charge in [-0.15, -0.1) is 0 Å². The van der Waals surface area contributed by atoms with Crippen molar-refractivity contribution in [2.45, 2.75) is 47.5 Å². The molecule has 35 heavy (non-hydrogen) atoms. The second-order valence-electron chi connectivity index (χ2n) is 10.5. The van der Waals surface area contributed by atoms with Gasteiger partial charge in [0.2, 0.25) is 0 Å². The molecule has 1 unspecified atom stereocenters. The van der Waals surface area contributed by atoms with E-state index >= 15 is 0 Å². The molecule has 0 radical (unpaired) electrons. The number of allylic oxidation sites excluding steroid dienone is 6. The van der Waals surface area contributed by atoms with Crippen molar-refractivity contribution in [2.24, 2.45) is 11.3 Å². The van der Waals surface area contributed by atoms with E-state index < -0.39 is 6.89 Å². The van der Waals surface area contributed by atoms with Crippen molar-refractivity contribution in [3.8, 4) is 0 Å². The molecule has 0 amide bonds. The molecule has 0 saturated carbocycles. The van der Waals surface area contributed by atoms with E-state index in [-0.39, 0.29) is 0 Å². The van der Waals surface area contributed by atoms with Crippen molar-refractivity contribution in [1.29, 1.82) is 0 Å². The van der Waals surface area contributed by atoms with Crippen LogP contribution in [0.5, 0.6) is 0 Å². The molecular weight excluding hydrogens is 439 g/mol. The summed E-state index contributed by atoms with van der Waals surface area (Å²) in [4.78, 5) is 0.